The zero-order valence-electron chi connectivity index (χ0n) is 17.1. The summed E-state index contributed by atoms with van der Waals surface area (Å²) in [6, 6.07) is 7.62. The summed E-state index contributed by atoms with van der Waals surface area (Å²) in [6.45, 7) is 6.76. The van der Waals surface area contributed by atoms with Crippen LogP contribution in [0.5, 0.6) is 0 Å². The minimum absolute atomic E-state index is 0.00640. The van der Waals surface area contributed by atoms with Crippen LogP contribution in [0, 0.1) is 5.92 Å². The van der Waals surface area contributed by atoms with Gasteiger partial charge in [0.25, 0.3) is 0 Å². The van der Waals surface area contributed by atoms with Gasteiger partial charge in [-0.3, -0.25) is 0 Å². The highest BCUT2D eigenvalue weighted by Gasteiger charge is 2.61. The number of aromatic nitrogens is 3. The molecule has 1 aliphatic carbocycles. The van der Waals surface area contributed by atoms with Crippen LogP contribution in [-0.4, -0.2) is 38.8 Å². The lowest BCUT2D eigenvalue weighted by Crippen LogP contribution is -2.29. The van der Waals surface area contributed by atoms with Crippen LogP contribution in [0.15, 0.2) is 54.3 Å². The van der Waals surface area contributed by atoms with Gasteiger partial charge in [0.15, 0.2) is 0 Å². The van der Waals surface area contributed by atoms with Crippen molar-refractivity contribution in [1.82, 2.24) is 15.0 Å². The summed E-state index contributed by atoms with van der Waals surface area (Å²) in [4.78, 5) is 12.1. The van der Waals surface area contributed by atoms with Gasteiger partial charge in [-0.2, -0.15) is 0 Å². The number of nitrogens with two attached hydrogens (primary N) is 1. The fourth-order valence-electron chi connectivity index (χ4n) is 4.63. The molecule has 0 spiro atoms. The number of hydrogen-bond acceptors (Lipinski definition) is 6. The number of fused-ring (bicyclic) bond motifs is 3. The minimum atomic E-state index is -0.281. The van der Waals surface area contributed by atoms with Crippen molar-refractivity contribution in [2.45, 2.75) is 57.0 Å². The highest BCUT2D eigenvalue weighted by Crippen LogP contribution is 2.49. The Hall–Kier alpha value is -2.93. The number of esters is 1. The number of anilines is 1. The summed E-state index contributed by atoms with van der Waals surface area (Å²) < 4.78 is 13.5. The van der Waals surface area contributed by atoms with Crippen LogP contribution in [0.4, 0.5) is 5.69 Å². The lowest BCUT2D eigenvalue weighted by atomic mass is 9.84. The number of carbonyl (C=O) groups is 1. The molecule has 2 N–H and O–H groups in total. The number of hydrogen-bond donors (Lipinski definition) is 1. The van der Waals surface area contributed by atoms with E-state index in [1.807, 2.05) is 35.1 Å². The zero-order valence-corrected chi connectivity index (χ0v) is 17.1. The number of allylic oxidation sites excluding steroid dienone is 2. The van der Waals surface area contributed by atoms with Crippen molar-refractivity contribution in [3.8, 4) is 11.3 Å². The molecule has 3 heterocycles. The Kier molecular flexibility index (Phi) is 4.50. The predicted octanol–water partition coefficient (Wildman–Crippen LogP) is 3.28. The molecular weight excluding hydrogens is 380 g/mol. The Balaban J connectivity index is 1.33. The van der Waals surface area contributed by atoms with Gasteiger partial charge in [-0.05, 0) is 44.7 Å². The van der Waals surface area contributed by atoms with Crippen molar-refractivity contribution in [3.63, 3.8) is 0 Å². The van der Waals surface area contributed by atoms with Gasteiger partial charge in [0.1, 0.15) is 17.9 Å². The summed E-state index contributed by atoms with van der Waals surface area (Å²) in [5.41, 5.74) is 9.93. The SMILES string of the molecule is C=C1C(=O)O[C@H]2[C@H]1CC/C(Cn1cc(-c3ccc(N)cc3)nn1)=C\CC[C@@]1(C)O[C@@H]21. The molecule has 30 heavy (non-hydrogen) atoms. The first-order valence-corrected chi connectivity index (χ1v) is 10.4. The molecule has 3 aliphatic rings. The Morgan fingerprint density at radius 1 is 1.33 bits per heavy atom. The topological polar surface area (TPSA) is 95.6 Å². The second-order valence-electron chi connectivity index (χ2n) is 8.72. The molecule has 2 aliphatic heterocycles. The van der Waals surface area contributed by atoms with Crippen LogP contribution in [0.25, 0.3) is 11.3 Å². The molecule has 4 atom stereocenters. The van der Waals surface area contributed by atoms with Crippen LogP contribution >= 0.6 is 0 Å². The molecule has 7 nitrogen and oxygen atoms in total. The molecular formula is C23H26N4O3. The smallest absolute Gasteiger partial charge is 0.334 e. The quantitative estimate of drug-likeness (QED) is 0.276. The van der Waals surface area contributed by atoms with E-state index in [9.17, 15) is 4.79 Å². The summed E-state index contributed by atoms with van der Waals surface area (Å²) in [5.74, 6) is -0.274. The van der Waals surface area contributed by atoms with Crippen molar-refractivity contribution in [3.05, 3.63) is 54.3 Å². The maximum Gasteiger partial charge on any atom is 0.334 e. The zero-order chi connectivity index (χ0) is 20.9. The van der Waals surface area contributed by atoms with Crippen LogP contribution in [0.1, 0.15) is 32.6 Å². The molecule has 2 aromatic rings. The number of rotatable bonds is 3. The lowest BCUT2D eigenvalue weighted by Gasteiger charge is -2.20. The van der Waals surface area contributed by atoms with Gasteiger partial charge in [0.05, 0.1) is 18.3 Å². The van der Waals surface area contributed by atoms with Gasteiger partial charge in [0.2, 0.25) is 0 Å². The van der Waals surface area contributed by atoms with Gasteiger partial charge in [-0.25, -0.2) is 9.48 Å². The standard InChI is InChI=1S/C23H26N4O3/c1-14-18-10-5-15(4-3-11-23(2)21(30-23)20(18)29-22(14)28)12-27-13-19(25-26-27)16-6-8-17(24)9-7-16/h4,6-9,13,18,20-21H,1,3,5,10-12,24H2,2H3/b15-4+/t18-,20-,21-,23+/m0/s1. The molecule has 156 valence electrons. The average molecular weight is 406 g/mol. The Bertz CT molecular complexity index is 1030. The molecule has 1 aromatic heterocycles. The highest BCUT2D eigenvalue weighted by atomic mass is 16.6. The van der Waals surface area contributed by atoms with Gasteiger partial charge in [-0.1, -0.05) is 35.6 Å². The van der Waals surface area contributed by atoms with E-state index in [2.05, 4.69) is 29.9 Å². The number of benzene rings is 1. The largest absolute Gasteiger partial charge is 0.455 e. The van der Waals surface area contributed by atoms with E-state index >= 15 is 0 Å². The number of epoxide rings is 1. The third-order valence-corrected chi connectivity index (χ3v) is 6.55. The van der Waals surface area contributed by atoms with Gasteiger partial charge in [-0.15, -0.1) is 5.10 Å². The van der Waals surface area contributed by atoms with Crippen molar-refractivity contribution < 1.29 is 14.3 Å². The minimum Gasteiger partial charge on any atom is -0.455 e. The third-order valence-electron chi connectivity index (χ3n) is 6.55. The highest BCUT2D eigenvalue weighted by molar-refractivity contribution is 5.91. The molecule has 5 rings (SSSR count). The first-order chi connectivity index (χ1) is 14.4. The van der Waals surface area contributed by atoms with Crippen molar-refractivity contribution >= 4 is 11.7 Å². The fourth-order valence-corrected chi connectivity index (χ4v) is 4.63. The maximum absolute atomic E-state index is 12.1. The van der Waals surface area contributed by atoms with Crippen molar-refractivity contribution in [2.75, 3.05) is 5.73 Å². The van der Waals surface area contributed by atoms with E-state index < -0.39 is 0 Å². The molecule has 7 heteroatoms. The summed E-state index contributed by atoms with van der Waals surface area (Å²) in [5, 5.41) is 8.62. The Morgan fingerprint density at radius 3 is 2.93 bits per heavy atom. The molecule has 0 unspecified atom stereocenters. The average Bonchev–Trinajstić information content (AvgIpc) is 3.04. The number of nitrogens with zero attached hydrogens (tertiary/aromatic N) is 3. The summed E-state index contributed by atoms with van der Waals surface area (Å²) in [6.07, 6.45) is 7.52. The first kappa shape index (κ1) is 19.1. The van der Waals surface area contributed by atoms with E-state index in [0.29, 0.717) is 12.1 Å². The molecule has 0 radical (unpaired) electrons. The Morgan fingerprint density at radius 2 is 2.13 bits per heavy atom. The molecule has 0 bridgehead atoms. The van der Waals surface area contributed by atoms with Crippen LogP contribution in [-0.2, 0) is 20.8 Å². The number of ether oxygens (including phenoxy) is 2. The van der Waals surface area contributed by atoms with Gasteiger partial charge < -0.3 is 15.2 Å². The van der Waals surface area contributed by atoms with E-state index in [4.69, 9.17) is 15.2 Å². The second-order valence-corrected chi connectivity index (χ2v) is 8.72. The van der Waals surface area contributed by atoms with Crippen molar-refractivity contribution in [2.24, 2.45) is 5.92 Å². The van der Waals surface area contributed by atoms with E-state index in [1.54, 1.807) is 0 Å². The van der Waals surface area contributed by atoms with Gasteiger partial charge in [0, 0.05) is 22.7 Å². The third kappa shape index (κ3) is 3.43. The second kappa shape index (κ2) is 7.09. The van der Waals surface area contributed by atoms with Crippen LogP contribution < -0.4 is 5.73 Å². The van der Waals surface area contributed by atoms with Crippen molar-refractivity contribution in [1.29, 1.82) is 0 Å². The van der Waals surface area contributed by atoms with Gasteiger partial charge >= 0.3 is 5.97 Å². The van der Waals surface area contributed by atoms with Crippen LogP contribution in [0.2, 0.25) is 0 Å². The summed E-state index contributed by atoms with van der Waals surface area (Å²) >= 11 is 0. The van der Waals surface area contributed by atoms with E-state index in [1.165, 1.54) is 5.57 Å². The first-order valence-electron chi connectivity index (χ1n) is 10.4. The molecule has 0 saturated carbocycles. The molecule has 1 aromatic carbocycles. The van der Waals surface area contributed by atoms with E-state index in [0.717, 1.165) is 42.6 Å². The number of carbonyl (C=O) groups excluding carboxylic acids is 1. The van der Waals surface area contributed by atoms with E-state index in [-0.39, 0.29) is 29.7 Å². The van der Waals surface area contributed by atoms with Crippen LogP contribution in [0.3, 0.4) is 0 Å². The molecule has 2 fully saturated rings. The Labute approximate surface area is 175 Å². The fraction of sp³-hybridized carbons (Fsp3) is 0.435. The lowest BCUT2D eigenvalue weighted by molar-refractivity contribution is -0.140. The number of nitrogen functional groups attached to an aromatic ring is 1. The predicted molar refractivity (Wildman–Crippen MR) is 112 cm³/mol. The molecule has 0 amide bonds. The summed E-state index contributed by atoms with van der Waals surface area (Å²) in [7, 11) is 0. The normalized spacial score (nSPS) is 32.6. The molecule has 2 saturated heterocycles. The monoisotopic (exact) mass is 406 g/mol. The maximum atomic E-state index is 12.1.